The first-order chi connectivity index (χ1) is 8.18. The van der Waals surface area contributed by atoms with Crippen molar-refractivity contribution in [1.82, 2.24) is 5.32 Å². The zero-order valence-corrected chi connectivity index (χ0v) is 9.60. The second-order valence-corrected chi connectivity index (χ2v) is 4.46. The van der Waals surface area contributed by atoms with E-state index < -0.39 is 12.1 Å². The van der Waals surface area contributed by atoms with Crippen LogP contribution < -0.4 is 5.32 Å². The van der Waals surface area contributed by atoms with Crippen LogP contribution in [0.3, 0.4) is 0 Å². The van der Waals surface area contributed by atoms with Crippen molar-refractivity contribution >= 4 is 5.97 Å². The van der Waals surface area contributed by atoms with Gasteiger partial charge in [-0.3, -0.25) is 0 Å². The summed E-state index contributed by atoms with van der Waals surface area (Å²) in [6, 6.07) is 6.58. The van der Waals surface area contributed by atoms with Crippen LogP contribution in [0.5, 0.6) is 0 Å². The molecule has 1 saturated heterocycles. The highest BCUT2D eigenvalue weighted by Crippen LogP contribution is 2.28. The summed E-state index contributed by atoms with van der Waals surface area (Å²) in [4.78, 5) is 10.9. The predicted molar refractivity (Wildman–Crippen MR) is 64.0 cm³/mol. The minimum absolute atomic E-state index is 0.222. The van der Waals surface area contributed by atoms with Crippen molar-refractivity contribution in [1.29, 1.82) is 0 Å². The van der Waals surface area contributed by atoms with Gasteiger partial charge in [0, 0.05) is 0 Å². The third-order valence-corrected chi connectivity index (χ3v) is 3.31. The van der Waals surface area contributed by atoms with E-state index in [1.54, 1.807) is 24.3 Å². The van der Waals surface area contributed by atoms with Crippen molar-refractivity contribution in [3.8, 4) is 0 Å². The molecular formula is C13H17NO3. The molecule has 1 fully saturated rings. The Kier molecular flexibility index (Phi) is 3.76. The molecule has 1 heterocycles. The Hall–Kier alpha value is -1.39. The topological polar surface area (TPSA) is 69.6 Å². The molecule has 0 radical (unpaired) electrons. The molecule has 1 aliphatic rings. The zero-order chi connectivity index (χ0) is 12.3. The monoisotopic (exact) mass is 235 g/mol. The summed E-state index contributed by atoms with van der Waals surface area (Å²) in [6.07, 6.45) is 1.30. The summed E-state index contributed by atoms with van der Waals surface area (Å²) in [5.41, 5.74) is 0.937. The van der Waals surface area contributed by atoms with Gasteiger partial charge in [0.2, 0.25) is 0 Å². The molecule has 0 aromatic heterocycles. The quantitative estimate of drug-likeness (QED) is 0.741. The van der Waals surface area contributed by atoms with Gasteiger partial charge in [0.25, 0.3) is 0 Å². The Labute approximate surface area is 100 Å². The van der Waals surface area contributed by atoms with Crippen molar-refractivity contribution in [2.75, 3.05) is 13.1 Å². The number of carbonyl (C=O) groups is 1. The van der Waals surface area contributed by atoms with E-state index in [0.717, 1.165) is 25.9 Å². The normalized spacial score (nSPS) is 18.9. The molecule has 1 aromatic carbocycles. The molecule has 17 heavy (non-hydrogen) atoms. The maximum Gasteiger partial charge on any atom is 0.335 e. The molecule has 0 saturated carbocycles. The second kappa shape index (κ2) is 5.29. The van der Waals surface area contributed by atoms with E-state index in [1.807, 2.05) is 0 Å². The van der Waals surface area contributed by atoms with Gasteiger partial charge in [0.1, 0.15) is 0 Å². The van der Waals surface area contributed by atoms with Crippen LogP contribution in [-0.2, 0) is 0 Å². The fourth-order valence-corrected chi connectivity index (χ4v) is 2.29. The minimum atomic E-state index is -0.954. The summed E-state index contributed by atoms with van der Waals surface area (Å²) in [5.74, 6) is -0.732. The summed E-state index contributed by atoms with van der Waals surface area (Å²) in [7, 11) is 0. The Morgan fingerprint density at radius 3 is 2.71 bits per heavy atom. The molecule has 4 nitrogen and oxygen atoms in total. The van der Waals surface area contributed by atoms with E-state index in [4.69, 9.17) is 5.11 Å². The first-order valence-electron chi connectivity index (χ1n) is 5.90. The summed E-state index contributed by atoms with van der Waals surface area (Å²) >= 11 is 0. The van der Waals surface area contributed by atoms with Crippen molar-refractivity contribution in [2.24, 2.45) is 5.92 Å². The van der Waals surface area contributed by atoms with Gasteiger partial charge in [0.05, 0.1) is 11.7 Å². The summed E-state index contributed by atoms with van der Waals surface area (Å²) in [6.45, 7) is 1.83. The lowest BCUT2D eigenvalue weighted by Crippen LogP contribution is -2.30. The number of aliphatic hydroxyl groups excluding tert-OH is 1. The van der Waals surface area contributed by atoms with Crippen LogP contribution in [0.1, 0.15) is 34.9 Å². The first kappa shape index (κ1) is 12.1. The van der Waals surface area contributed by atoms with Crippen molar-refractivity contribution in [2.45, 2.75) is 18.9 Å². The molecule has 92 valence electrons. The lowest BCUT2D eigenvalue weighted by Gasteiger charge is -2.27. The zero-order valence-electron chi connectivity index (χ0n) is 9.60. The molecular weight excluding hydrogens is 218 g/mol. The van der Waals surface area contributed by atoms with Crippen molar-refractivity contribution in [3.05, 3.63) is 35.4 Å². The van der Waals surface area contributed by atoms with Gasteiger partial charge < -0.3 is 15.5 Å². The number of carboxylic acids is 1. The molecule has 0 spiro atoms. The number of nitrogens with one attached hydrogen (secondary N) is 1. The van der Waals surface area contributed by atoms with E-state index in [1.165, 1.54) is 0 Å². The third kappa shape index (κ3) is 2.84. The number of carboxylic acid groups (broad SMARTS) is 1. The first-order valence-corrected chi connectivity index (χ1v) is 5.90. The lowest BCUT2D eigenvalue weighted by molar-refractivity contribution is 0.0695. The fourth-order valence-electron chi connectivity index (χ4n) is 2.29. The molecule has 1 aliphatic heterocycles. The van der Waals surface area contributed by atoms with Crippen molar-refractivity contribution < 1.29 is 15.0 Å². The number of hydrogen-bond acceptors (Lipinski definition) is 3. The lowest BCUT2D eigenvalue weighted by atomic mass is 9.88. The Balaban J connectivity index is 2.14. The van der Waals surface area contributed by atoms with Crippen LogP contribution in [-0.4, -0.2) is 29.3 Å². The van der Waals surface area contributed by atoms with Crippen LogP contribution in [0.2, 0.25) is 0 Å². The average Bonchev–Trinajstić information content (AvgIpc) is 2.39. The van der Waals surface area contributed by atoms with Crippen LogP contribution in [0, 0.1) is 5.92 Å². The number of aromatic carboxylic acids is 1. The molecule has 0 aliphatic carbocycles. The smallest absolute Gasteiger partial charge is 0.335 e. The van der Waals surface area contributed by atoms with Gasteiger partial charge >= 0.3 is 5.97 Å². The Bertz CT molecular complexity index is 399. The van der Waals surface area contributed by atoms with E-state index in [9.17, 15) is 9.90 Å². The number of rotatable bonds is 3. The largest absolute Gasteiger partial charge is 0.478 e. The standard InChI is InChI=1S/C13H17NO3/c15-12(9-4-6-14-7-5-9)10-2-1-3-11(8-10)13(16)17/h1-3,8-9,12,14-15H,4-7H2,(H,16,17). The van der Waals surface area contributed by atoms with E-state index in [2.05, 4.69) is 5.32 Å². The fraction of sp³-hybridized carbons (Fsp3) is 0.462. The number of aliphatic hydroxyl groups is 1. The summed E-state index contributed by atoms with van der Waals surface area (Å²) in [5, 5.41) is 22.4. The molecule has 1 unspecified atom stereocenters. The van der Waals surface area contributed by atoms with Crippen LogP contribution in [0.25, 0.3) is 0 Å². The highest BCUT2D eigenvalue weighted by molar-refractivity contribution is 5.87. The average molecular weight is 235 g/mol. The highest BCUT2D eigenvalue weighted by atomic mass is 16.4. The molecule has 4 heteroatoms. The van der Waals surface area contributed by atoms with E-state index in [0.29, 0.717) is 5.56 Å². The molecule has 2 rings (SSSR count). The minimum Gasteiger partial charge on any atom is -0.478 e. The predicted octanol–water partition coefficient (Wildman–Crippen LogP) is 1.42. The third-order valence-electron chi connectivity index (χ3n) is 3.31. The Morgan fingerprint density at radius 1 is 1.35 bits per heavy atom. The van der Waals surface area contributed by atoms with Crippen LogP contribution >= 0.6 is 0 Å². The van der Waals surface area contributed by atoms with Gasteiger partial charge in [0.15, 0.2) is 0 Å². The maximum atomic E-state index is 10.9. The maximum absolute atomic E-state index is 10.9. The number of piperidine rings is 1. The van der Waals surface area contributed by atoms with Gasteiger partial charge in [-0.25, -0.2) is 4.79 Å². The van der Waals surface area contributed by atoms with Gasteiger partial charge in [-0.2, -0.15) is 0 Å². The van der Waals surface area contributed by atoms with Gasteiger partial charge in [-0.05, 0) is 49.5 Å². The summed E-state index contributed by atoms with van der Waals surface area (Å²) < 4.78 is 0. The van der Waals surface area contributed by atoms with E-state index in [-0.39, 0.29) is 11.5 Å². The van der Waals surface area contributed by atoms with E-state index >= 15 is 0 Å². The van der Waals surface area contributed by atoms with Gasteiger partial charge in [-0.15, -0.1) is 0 Å². The number of hydrogen-bond donors (Lipinski definition) is 3. The molecule has 1 atom stereocenters. The molecule has 0 amide bonds. The highest BCUT2D eigenvalue weighted by Gasteiger charge is 2.23. The van der Waals surface area contributed by atoms with Crippen LogP contribution in [0.4, 0.5) is 0 Å². The Morgan fingerprint density at radius 2 is 2.06 bits per heavy atom. The molecule has 0 bridgehead atoms. The number of benzene rings is 1. The van der Waals surface area contributed by atoms with Crippen molar-refractivity contribution in [3.63, 3.8) is 0 Å². The van der Waals surface area contributed by atoms with Crippen LogP contribution in [0.15, 0.2) is 24.3 Å². The molecule has 1 aromatic rings. The molecule has 3 N–H and O–H groups in total. The second-order valence-electron chi connectivity index (χ2n) is 4.46. The van der Waals surface area contributed by atoms with Gasteiger partial charge in [-0.1, -0.05) is 12.1 Å². The SMILES string of the molecule is O=C(O)c1cccc(C(O)C2CCNCC2)c1.